The molecule has 0 aliphatic rings. The van der Waals surface area contributed by atoms with Crippen LogP contribution in [0.4, 0.5) is 5.82 Å². The van der Waals surface area contributed by atoms with E-state index in [0.29, 0.717) is 5.82 Å². The number of aromatic nitrogens is 2. The van der Waals surface area contributed by atoms with Gasteiger partial charge in [0.25, 0.3) is 0 Å². The van der Waals surface area contributed by atoms with Gasteiger partial charge in [-0.3, -0.25) is 4.98 Å². The van der Waals surface area contributed by atoms with E-state index in [2.05, 4.69) is 34.2 Å². The van der Waals surface area contributed by atoms with Gasteiger partial charge in [-0.2, -0.15) is 0 Å². The number of fused-ring (bicyclic) bond motifs is 1. The van der Waals surface area contributed by atoms with Crippen molar-refractivity contribution >= 4 is 28.5 Å². The fourth-order valence-electron chi connectivity index (χ4n) is 1.92. The lowest BCUT2D eigenvalue weighted by Gasteiger charge is -2.05. The molecule has 0 saturated carbocycles. The maximum absolute atomic E-state index is 5.58. The summed E-state index contributed by atoms with van der Waals surface area (Å²) < 4.78 is 0. The van der Waals surface area contributed by atoms with Crippen molar-refractivity contribution in [1.82, 2.24) is 9.97 Å². The molecule has 0 atom stereocenters. The van der Waals surface area contributed by atoms with Crippen LogP contribution in [0.15, 0.2) is 59.8 Å². The lowest BCUT2D eigenvalue weighted by Crippen LogP contribution is -1.89. The van der Waals surface area contributed by atoms with Gasteiger partial charge in [0, 0.05) is 28.4 Å². The molecule has 0 amide bonds. The summed E-state index contributed by atoms with van der Waals surface area (Å²) in [6, 6.07) is 14.1. The molecule has 0 radical (unpaired) electrons. The van der Waals surface area contributed by atoms with E-state index in [-0.39, 0.29) is 0 Å². The molecule has 3 aromatic rings. The number of hydrogen-bond donors (Lipinski definition) is 1. The summed E-state index contributed by atoms with van der Waals surface area (Å²) in [5.41, 5.74) is 7.88. The third-order valence-corrected chi connectivity index (χ3v) is 3.90. The Morgan fingerprint density at radius 2 is 1.89 bits per heavy atom. The van der Waals surface area contributed by atoms with Gasteiger partial charge >= 0.3 is 0 Å². The highest BCUT2D eigenvalue weighted by Crippen LogP contribution is 2.26. The first-order valence-electron chi connectivity index (χ1n) is 6.00. The number of hydrogen-bond acceptors (Lipinski definition) is 4. The summed E-state index contributed by atoms with van der Waals surface area (Å²) in [7, 11) is 0. The minimum atomic E-state index is 0.552. The Kier molecular flexibility index (Phi) is 3.33. The molecule has 94 valence electrons. The number of nitrogens with zero attached hydrogens (tertiary/aromatic N) is 2. The molecule has 4 heteroatoms. The molecular weight excluding hydrogens is 254 g/mol. The van der Waals surface area contributed by atoms with Gasteiger partial charge in [-0.05, 0) is 23.8 Å². The number of benzene rings is 1. The summed E-state index contributed by atoms with van der Waals surface area (Å²) in [4.78, 5) is 9.67. The van der Waals surface area contributed by atoms with Crippen LogP contribution in [0.3, 0.4) is 0 Å². The van der Waals surface area contributed by atoms with E-state index in [1.165, 1.54) is 10.9 Å². The van der Waals surface area contributed by atoms with Gasteiger partial charge in [-0.25, -0.2) is 4.98 Å². The topological polar surface area (TPSA) is 51.8 Å². The number of para-hydroxylation sites is 1. The van der Waals surface area contributed by atoms with Crippen molar-refractivity contribution in [2.75, 3.05) is 5.73 Å². The highest BCUT2D eigenvalue weighted by molar-refractivity contribution is 7.98. The normalized spacial score (nSPS) is 10.7. The van der Waals surface area contributed by atoms with Crippen LogP contribution in [-0.4, -0.2) is 9.97 Å². The highest BCUT2D eigenvalue weighted by atomic mass is 32.2. The molecule has 0 spiro atoms. The van der Waals surface area contributed by atoms with Crippen LogP contribution >= 0.6 is 11.8 Å². The van der Waals surface area contributed by atoms with E-state index in [1.807, 2.05) is 24.4 Å². The highest BCUT2D eigenvalue weighted by Gasteiger charge is 2.03. The second-order valence-corrected chi connectivity index (χ2v) is 5.25. The summed E-state index contributed by atoms with van der Waals surface area (Å²) >= 11 is 1.74. The van der Waals surface area contributed by atoms with Crippen molar-refractivity contribution in [3.05, 3.63) is 60.4 Å². The molecule has 0 fully saturated rings. The molecule has 2 N–H and O–H groups in total. The fourth-order valence-corrected chi connectivity index (χ4v) is 2.77. The lowest BCUT2D eigenvalue weighted by atomic mass is 10.1. The molecule has 2 heterocycles. The fraction of sp³-hybridized carbons (Fsp3) is 0.0667. The van der Waals surface area contributed by atoms with Gasteiger partial charge in [0.1, 0.15) is 5.82 Å². The third-order valence-electron chi connectivity index (χ3n) is 2.87. The Morgan fingerprint density at radius 3 is 2.74 bits per heavy atom. The zero-order chi connectivity index (χ0) is 13.1. The van der Waals surface area contributed by atoms with Gasteiger partial charge < -0.3 is 5.73 Å². The Hall–Kier alpha value is -2.07. The molecule has 3 rings (SSSR count). The first-order chi connectivity index (χ1) is 9.33. The predicted molar refractivity (Wildman–Crippen MR) is 80.0 cm³/mol. The van der Waals surface area contributed by atoms with Crippen molar-refractivity contribution in [2.45, 2.75) is 10.6 Å². The van der Waals surface area contributed by atoms with Gasteiger partial charge in [0.2, 0.25) is 0 Å². The number of nitrogens with two attached hydrogens (primary N) is 1. The number of pyridine rings is 2. The molecule has 0 unspecified atom stereocenters. The van der Waals surface area contributed by atoms with Crippen molar-refractivity contribution in [3.63, 3.8) is 0 Å². The molecule has 2 aromatic heterocycles. The Balaban J connectivity index is 1.84. The van der Waals surface area contributed by atoms with Gasteiger partial charge in [-0.1, -0.05) is 24.3 Å². The standard InChI is InChI=1S/C15H13N3S/c16-14-7-6-13(9-18-14)19-10-12-4-1-3-11-5-2-8-17-15(11)12/h1-9H,10H2,(H2,16,18). The predicted octanol–water partition coefficient (Wildman–Crippen LogP) is 3.50. The molecule has 0 aliphatic heterocycles. The average molecular weight is 267 g/mol. The second kappa shape index (κ2) is 5.28. The monoisotopic (exact) mass is 267 g/mol. The van der Waals surface area contributed by atoms with E-state index in [4.69, 9.17) is 5.73 Å². The minimum Gasteiger partial charge on any atom is -0.384 e. The third kappa shape index (κ3) is 2.69. The Labute approximate surface area is 115 Å². The van der Waals surface area contributed by atoms with Crippen LogP contribution in [0.5, 0.6) is 0 Å². The first-order valence-corrected chi connectivity index (χ1v) is 6.98. The summed E-state index contributed by atoms with van der Waals surface area (Å²) in [5.74, 6) is 1.43. The molecule has 3 nitrogen and oxygen atoms in total. The van der Waals surface area contributed by atoms with Gasteiger partial charge in [0.15, 0.2) is 0 Å². The van der Waals surface area contributed by atoms with Gasteiger partial charge in [0.05, 0.1) is 5.52 Å². The SMILES string of the molecule is Nc1ccc(SCc2cccc3cccnc23)cn1. The number of anilines is 1. The second-order valence-electron chi connectivity index (χ2n) is 4.20. The quantitative estimate of drug-likeness (QED) is 0.738. The zero-order valence-electron chi connectivity index (χ0n) is 10.3. The Bertz CT molecular complexity index is 690. The minimum absolute atomic E-state index is 0.552. The zero-order valence-corrected chi connectivity index (χ0v) is 11.1. The maximum Gasteiger partial charge on any atom is 0.123 e. The average Bonchev–Trinajstić information content (AvgIpc) is 2.47. The number of rotatable bonds is 3. The largest absolute Gasteiger partial charge is 0.384 e. The summed E-state index contributed by atoms with van der Waals surface area (Å²) in [6.07, 6.45) is 3.64. The molecule has 0 aliphatic carbocycles. The molecular formula is C15H13N3S. The summed E-state index contributed by atoms with van der Waals surface area (Å²) in [6.45, 7) is 0. The van der Waals surface area contributed by atoms with Crippen LogP contribution in [-0.2, 0) is 5.75 Å². The van der Waals surface area contributed by atoms with E-state index < -0.39 is 0 Å². The van der Waals surface area contributed by atoms with Crippen molar-refractivity contribution < 1.29 is 0 Å². The molecule has 0 saturated heterocycles. The van der Waals surface area contributed by atoms with E-state index in [0.717, 1.165) is 16.2 Å². The van der Waals surface area contributed by atoms with E-state index in [9.17, 15) is 0 Å². The summed E-state index contributed by atoms with van der Waals surface area (Å²) in [5, 5.41) is 1.18. The van der Waals surface area contributed by atoms with Crippen LogP contribution in [0.2, 0.25) is 0 Å². The Morgan fingerprint density at radius 1 is 1.00 bits per heavy atom. The van der Waals surface area contributed by atoms with Crippen molar-refractivity contribution in [2.24, 2.45) is 0 Å². The van der Waals surface area contributed by atoms with E-state index in [1.54, 1.807) is 18.0 Å². The molecule has 0 bridgehead atoms. The number of thioether (sulfide) groups is 1. The van der Waals surface area contributed by atoms with Gasteiger partial charge in [-0.15, -0.1) is 11.8 Å². The number of nitrogen functional groups attached to an aromatic ring is 1. The molecule has 1 aromatic carbocycles. The van der Waals surface area contributed by atoms with E-state index >= 15 is 0 Å². The van der Waals surface area contributed by atoms with Crippen LogP contribution in [0.1, 0.15) is 5.56 Å². The van der Waals surface area contributed by atoms with Crippen molar-refractivity contribution in [3.8, 4) is 0 Å². The first kappa shape index (κ1) is 12.0. The van der Waals surface area contributed by atoms with Crippen LogP contribution < -0.4 is 5.73 Å². The van der Waals surface area contributed by atoms with Crippen LogP contribution in [0.25, 0.3) is 10.9 Å². The van der Waals surface area contributed by atoms with Crippen molar-refractivity contribution in [1.29, 1.82) is 0 Å². The maximum atomic E-state index is 5.58. The van der Waals surface area contributed by atoms with Crippen LogP contribution in [0, 0.1) is 0 Å². The lowest BCUT2D eigenvalue weighted by molar-refractivity contribution is 1.24. The smallest absolute Gasteiger partial charge is 0.123 e. The molecule has 19 heavy (non-hydrogen) atoms.